The first-order valence-electron chi connectivity index (χ1n) is 7.84. The number of carbonyl (C=O) groups excluding carboxylic acids is 1. The second-order valence-corrected chi connectivity index (χ2v) is 5.09. The molecule has 0 fully saturated rings. The molecule has 2 aromatic carbocycles. The van der Waals surface area contributed by atoms with Crippen LogP contribution in [0.2, 0.25) is 0 Å². The number of carboxylic acids is 1. The van der Waals surface area contributed by atoms with E-state index in [9.17, 15) is 14.7 Å². The van der Waals surface area contributed by atoms with Gasteiger partial charge in [-0.1, -0.05) is 36.4 Å². The highest BCUT2D eigenvalue weighted by Gasteiger charge is 2.32. The van der Waals surface area contributed by atoms with Crippen LogP contribution >= 0.6 is 0 Å². The number of ether oxygens (including phenoxy) is 1. The summed E-state index contributed by atoms with van der Waals surface area (Å²) in [6, 6.07) is 11.5. The van der Waals surface area contributed by atoms with Crippen molar-refractivity contribution in [2.45, 2.75) is 19.9 Å². The first-order chi connectivity index (χ1) is 11.6. The molecular weight excluding hydrogens is 310 g/mol. The van der Waals surface area contributed by atoms with Crippen LogP contribution < -0.4 is 0 Å². The van der Waals surface area contributed by atoms with Gasteiger partial charge in [0.25, 0.3) is 5.91 Å². The van der Waals surface area contributed by atoms with Crippen molar-refractivity contribution in [3.8, 4) is 0 Å². The molecule has 0 heterocycles. The van der Waals surface area contributed by atoms with Crippen LogP contribution in [0.3, 0.4) is 0 Å². The van der Waals surface area contributed by atoms with Crippen LogP contribution in [0.4, 0.5) is 0 Å². The van der Waals surface area contributed by atoms with Crippen LogP contribution in [-0.4, -0.2) is 47.9 Å². The minimum absolute atomic E-state index is 0.137. The fourth-order valence-corrected chi connectivity index (χ4v) is 2.43. The summed E-state index contributed by atoms with van der Waals surface area (Å²) in [6.45, 7) is 3.85. The molecule has 0 radical (unpaired) electrons. The molecule has 0 aliphatic carbocycles. The second-order valence-electron chi connectivity index (χ2n) is 5.09. The number of hydrogen-bond donors (Lipinski definition) is 1. The molecule has 2 rings (SSSR count). The Balaban J connectivity index is 2.41. The fraction of sp³-hybridized carbons (Fsp3) is 0.333. The summed E-state index contributed by atoms with van der Waals surface area (Å²) >= 11 is 0. The largest absolute Gasteiger partial charge is 0.480 e. The predicted octanol–water partition coefficient (Wildman–Crippen LogP) is 2.72. The fourth-order valence-electron chi connectivity index (χ4n) is 2.43. The van der Waals surface area contributed by atoms with Crippen molar-refractivity contribution in [2.24, 2.45) is 0 Å². The van der Waals surface area contributed by atoms with E-state index in [1.54, 1.807) is 26.0 Å². The molecule has 6 heteroatoms. The molecule has 1 amide bonds. The second kappa shape index (κ2) is 8.42. The van der Waals surface area contributed by atoms with E-state index in [4.69, 9.17) is 9.57 Å². The van der Waals surface area contributed by atoms with Gasteiger partial charge in [-0.05, 0) is 30.7 Å². The van der Waals surface area contributed by atoms with Gasteiger partial charge in [0, 0.05) is 12.2 Å². The topological polar surface area (TPSA) is 76.1 Å². The number of aliphatic carboxylic acids is 1. The highest BCUT2D eigenvalue weighted by Crippen LogP contribution is 2.21. The molecule has 0 spiro atoms. The molecule has 0 aliphatic heterocycles. The first kappa shape index (κ1) is 17.9. The van der Waals surface area contributed by atoms with Crippen LogP contribution in [0.25, 0.3) is 10.8 Å². The highest BCUT2D eigenvalue weighted by molar-refractivity contribution is 6.07. The lowest BCUT2D eigenvalue weighted by Crippen LogP contribution is -2.47. The molecule has 1 atom stereocenters. The van der Waals surface area contributed by atoms with Crippen molar-refractivity contribution in [3.05, 3.63) is 48.0 Å². The Bertz CT molecular complexity index is 710. The number of nitrogens with zero attached hydrogens (tertiary/aromatic N) is 1. The Hall–Kier alpha value is -2.44. The van der Waals surface area contributed by atoms with Crippen molar-refractivity contribution >= 4 is 22.6 Å². The zero-order valence-electron chi connectivity index (χ0n) is 13.8. The molecule has 0 aromatic heterocycles. The van der Waals surface area contributed by atoms with Gasteiger partial charge in [-0.15, -0.1) is 0 Å². The summed E-state index contributed by atoms with van der Waals surface area (Å²) in [5, 5.41) is 12.0. The number of carbonyl (C=O) groups is 2. The standard InChI is InChI=1S/C18H21NO5/c1-3-23-12-16(18(21)22)19(24-4-2)17(20)15-11-7-9-13-8-5-6-10-14(13)15/h5-11,16H,3-4,12H2,1-2H3,(H,21,22). The van der Waals surface area contributed by atoms with Gasteiger partial charge in [0.1, 0.15) is 0 Å². The first-order valence-corrected chi connectivity index (χ1v) is 7.84. The summed E-state index contributed by atoms with van der Waals surface area (Å²) in [7, 11) is 0. The number of rotatable bonds is 8. The quantitative estimate of drug-likeness (QED) is 0.753. The molecule has 2 aromatic rings. The van der Waals surface area contributed by atoms with Crippen LogP contribution in [-0.2, 0) is 14.4 Å². The summed E-state index contributed by atoms with van der Waals surface area (Å²) < 4.78 is 5.20. The number of hydroxylamine groups is 2. The SMILES string of the molecule is CCOCC(C(=O)O)N(OCC)C(=O)c1cccc2ccccc12. The number of amides is 1. The van der Waals surface area contributed by atoms with Crippen LogP contribution in [0, 0.1) is 0 Å². The Kier molecular flexibility index (Phi) is 6.28. The molecule has 6 nitrogen and oxygen atoms in total. The summed E-state index contributed by atoms with van der Waals surface area (Å²) in [5.41, 5.74) is 0.393. The van der Waals surface area contributed by atoms with E-state index < -0.39 is 17.9 Å². The lowest BCUT2D eigenvalue weighted by atomic mass is 10.0. The van der Waals surface area contributed by atoms with Crippen molar-refractivity contribution in [1.82, 2.24) is 5.06 Å². The number of carboxylic acid groups (broad SMARTS) is 1. The van der Waals surface area contributed by atoms with Crippen LogP contribution in [0.5, 0.6) is 0 Å². The Morgan fingerprint density at radius 2 is 1.79 bits per heavy atom. The molecule has 0 saturated heterocycles. The maximum Gasteiger partial charge on any atom is 0.331 e. The van der Waals surface area contributed by atoms with Gasteiger partial charge in [-0.2, -0.15) is 0 Å². The van der Waals surface area contributed by atoms with Gasteiger partial charge in [-0.3, -0.25) is 9.63 Å². The zero-order valence-corrected chi connectivity index (χ0v) is 13.8. The summed E-state index contributed by atoms with van der Waals surface area (Å²) in [5.74, 6) is -1.67. The van der Waals surface area contributed by atoms with E-state index in [1.807, 2.05) is 30.3 Å². The molecule has 0 saturated carbocycles. The van der Waals surface area contributed by atoms with E-state index in [1.165, 1.54) is 0 Å². The average Bonchev–Trinajstić information content (AvgIpc) is 2.59. The average molecular weight is 331 g/mol. The maximum absolute atomic E-state index is 12.9. The van der Waals surface area contributed by atoms with Gasteiger partial charge < -0.3 is 9.84 Å². The lowest BCUT2D eigenvalue weighted by molar-refractivity contribution is -0.180. The van der Waals surface area contributed by atoms with E-state index in [0.717, 1.165) is 15.8 Å². The van der Waals surface area contributed by atoms with Crippen molar-refractivity contribution in [1.29, 1.82) is 0 Å². The minimum Gasteiger partial charge on any atom is -0.480 e. The molecule has 24 heavy (non-hydrogen) atoms. The van der Waals surface area contributed by atoms with E-state index >= 15 is 0 Å². The molecule has 0 bridgehead atoms. The Labute approximate surface area is 140 Å². The Morgan fingerprint density at radius 1 is 1.08 bits per heavy atom. The molecule has 1 N–H and O–H groups in total. The predicted molar refractivity (Wildman–Crippen MR) is 89.7 cm³/mol. The summed E-state index contributed by atoms with van der Waals surface area (Å²) in [4.78, 5) is 29.9. The van der Waals surface area contributed by atoms with Crippen LogP contribution in [0.1, 0.15) is 24.2 Å². The smallest absolute Gasteiger partial charge is 0.331 e. The van der Waals surface area contributed by atoms with Gasteiger partial charge in [0.2, 0.25) is 0 Å². The maximum atomic E-state index is 12.9. The zero-order chi connectivity index (χ0) is 17.5. The van der Waals surface area contributed by atoms with Gasteiger partial charge >= 0.3 is 5.97 Å². The minimum atomic E-state index is -1.21. The van der Waals surface area contributed by atoms with Crippen molar-refractivity contribution in [2.75, 3.05) is 19.8 Å². The van der Waals surface area contributed by atoms with Gasteiger partial charge in [0.05, 0.1) is 13.2 Å². The van der Waals surface area contributed by atoms with Crippen molar-refractivity contribution in [3.63, 3.8) is 0 Å². The van der Waals surface area contributed by atoms with E-state index in [-0.39, 0.29) is 13.2 Å². The van der Waals surface area contributed by atoms with E-state index in [2.05, 4.69) is 0 Å². The highest BCUT2D eigenvalue weighted by atomic mass is 16.7. The number of fused-ring (bicyclic) bond motifs is 1. The molecule has 0 aliphatic rings. The van der Waals surface area contributed by atoms with Crippen LogP contribution in [0.15, 0.2) is 42.5 Å². The van der Waals surface area contributed by atoms with Crippen molar-refractivity contribution < 1.29 is 24.3 Å². The monoisotopic (exact) mass is 331 g/mol. The lowest BCUT2D eigenvalue weighted by Gasteiger charge is -2.27. The number of hydrogen-bond acceptors (Lipinski definition) is 4. The number of benzene rings is 2. The third-order valence-electron chi connectivity index (χ3n) is 3.54. The van der Waals surface area contributed by atoms with Gasteiger partial charge in [0.15, 0.2) is 6.04 Å². The molecular formula is C18H21NO5. The summed E-state index contributed by atoms with van der Waals surface area (Å²) in [6.07, 6.45) is 0. The van der Waals surface area contributed by atoms with Gasteiger partial charge in [-0.25, -0.2) is 9.86 Å². The normalized spacial score (nSPS) is 12.1. The molecule has 128 valence electrons. The third-order valence-corrected chi connectivity index (χ3v) is 3.54. The molecule has 1 unspecified atom stereocenters. The Morgan fingerprint density at radius 3 is 2.46 bits per heavy atom. The third kappa shape index (κ3) is 3.90. The van der Waals surface area contributed by atoms with E-state index in [0.29, 0.717) is 12.2 Å².